The van der Waals surface area contributed by atoms with Gasteiger partial charge in [0.2, 0.25) is 0 Å². The van der Waals surface area contributed by atoms with E-state index in [1.54, 1.807) is 19.5 Å². The summed E-state index contributed by atoms with van der Waals surface area (Å²) in [4.78, 5) is 8.66. The first-order valence-corrected chi connectivity index (χ1v) is 10.5. The summed E-state index contributed by atoms with van der Waals surface area (Å²) < 4.78 is 11.4. The molecule has 2 aromatic carbocycles. The van der Waals surface area contributed by atoms with E-state index < -0.39 is 0 Å². The number of nitriles is 1. The number of hydrogen-bond donors (Lipinski definition) is 0. The maximum absolute atomic E-state index is 9.73. The quantitative estimate of drug-likeness (QED) is 0.347. The molecule has 4 aromatic rings. The Labute approximate surface area is 184 Å². The van der Waals surface area contributed by atoms with Crippen molar-refractivity contribution >= 4 is 23.0 Å². The van der Waals surface area contributed by atoms with Gasteiger partial charge in [0.15, 0.2) is 11.5 Å². The number of ether oxygens (including phenoxy) is 2. The zero-order valence-corrected chi connectivity index (χ0v) is 17.7. The third kappa shape index (κ3) is 4.97. The Hall–Kier alpha value is -3.95. The van der Waals surface area contributed by atoms with Gasteiger partial charge in [0.25, 0.3) is 0 Å². The maximum Gasteiger partial charge on any atom is 0.162 e. The Balaban J connectivity index is 1.59. The number of aromatic nitrogens is 2. The number of pyridine rings is 1. The molecule has 0 saturated carbocycles. The molecule has 0 amide bonds. The number of rotatable bonds is 7. The van der Waals surface area contributed by atoms with Gasteiger partial charge in [0.05, 0.1) is 18.4 Å². The second-order valence-corrected chi connectivity index (χ2v) is 7.49. The Morgan fingerprint density at radius 3 is 2.61 bits per heavy atom. The number of benzene rings is 2. The highest BCUT2D eigenvalue weighted by Gasteiger charge is 2.11. The smallest absolute Gasteiger partial charge is 0.162 e. The normalized spacial score (nSPS) is 11.0. The van der Waals surface area contributed by atoms with E-state index >= 15 is 0 Å². The SMILES string of the molecule is COc1ccc(/C=C(/C#N)c2nc(-c3ccncc3)cs2)cc1OCc1ccccc1. The van der Waals surface area contributed by atoms with Gasteiger partial charge in [0.1, 0.15) is 17.7 Å². The Bertz CT molecular complexity index is 1230. The van der Waals surface area contributed by atoms with Crippen molar-refractivity contribution < 1.29 is 9.47 Å². The van der Waals surface area contributed by atoms with Crippen molar-refractivity contribution in [3.8, 4) is 28.8 Å². The minimum Gasteiger partial charge on any atom is -0.493 e. The predicted octanol–water partition coefficient (Wildman–Crippen LogP) is 5.86. The molecule has 0 N–H and O–H groups in total. The third-order valence-electron chi connectivity index (χ3n) is 4.57. The lowest BCUT2D eigenvalue weighted by molar-refractivity contribution is 0.284. The Morgan fingerprint density at radius 1 is 1.06 bits per heavy atom. The van der Waals surface area contributed by atoms with Gasteiger partial charge in [-0.15, -0.1) is 11.3 Å². The van der Waals surface area contributed by atoms with Gasteiger partial charge in [-0.3, -0.25) is 4.98 Å². The molecule has 0 aliphatic heterocycles. The summed E-state index contributed by atoms with van der Waals surface area (Å²) in [6.07, 6.45) is 5.26. The highest BCUT2D eigenvalue weighted by molar-refractivity contribution is 7.11. The molecule has 4 rings (SSSR count). The number of methoxy groups -OCH3 is 1. The fourth-order valence-electron chi connectivity index (χ4n) is 2.99. The van der Waals surface area contributed by atoms with Gasteiger partial charge < -0.3 is 9.47 Å². The molecule has 6 heteroatoms. The average Bonchev–Trinajstić information content (AvgIpc) is 3.32. The molecule has 0 aliphatic carbocycles. The van der Waals surface area contributed by atoms with E-state index in [9.17, 15) is 5.26 Å². The van der Waals surface area contributed by atoms with Gasteiger partial charge in [-0.05, 0) is 41.5 Å². The highest BCUT2D eigenvalue weighted by Crippen LogP contribution is 2.32. The lowest BCUT2D eigenvalue weighted by Crippen LogP contribution is -1.98. The lowest BCUT2D eigenvalue weighted by atomic mass is 10.1. The first-order chi connectivity index (χ1) is 15.3. The standard InChI is InChI=1S/C25H19N3O2S/c1-29-23-8-7-19(14-24(23)30-16-18-5-3-2-4-6-18)13-21(15-26)25-28-22(17-31-25)20-9-11-27-12-10-20/h2-14,17H,16H2,1H3/b21-13-. The van der Waals surface area contributed by atoms with Crippen LogP contribution in [-0.4, -0.2) is 17.1 Å². The topological polar surface area (TPSA) is 68.0 Å². The fourth-order valence-corrected chi connectivity index (χ4v) is 3.79. The van der Waals surface area contributed by atoms with E-state index in [4.69, 9.17) is 9.47 Å². The van der Waals surface area contributed by atoms with Gasteiger partial charge in [-0.25, -0.2) is 4.98 Å². The van der Waals surface area contributed by atoms with Crippen LogP contribution in [0.5, 0.6) is 11.5 Å². The predicted molar refractivity (Wildman–Crippen MR) is 123 cm³/mol. The van der Waals surface area contributed by atoms with Crippen LogP contribution in [0.3, 0.4) is 0 Å². The second kappa shape index (κ2) is 9.70. The summed E-state index contributed by atoms with van der Waals surface area (Å²) in [7, 11) is 1.61. The van der Waals surface area contributed by atoms with Crippen LogP contribution in [0.15, 0.2) is 78.4 Å². The molecule has 0 spiro atoms. The number of allylic oxidation sites excluding steroid dienone is 1. The molecule has 5 nitrogen and oxygen atoms in total. The highest BCUT2D eigenvalue weighted by atomic mass is 32.1. The zero-order valence-electron chi connectivity index (χ0n) is 16.9. The van der Waals surface area contributed by atoms with E-state index in [1.807, 2.05) is 72.1 Å². The number of hydrogen-bond acceptors (Lipinski definition) is 6. The van der Waals surface area contributed by atoms with Crippen LogP contribution in [0.1, 0.15) is 16.1 Å². The Morgan fingerprint density at radius 2 is 1.87 bits per heavy atom. The van der Waals surface area contributed by atoms with Crippen molar-refractivity contribution in [1.29, 1.82) is 5.26 Å². The summed E-state index contributed by atoms with van der Waals surface area (Å²) in [6.45, 7) is 0.428. The van der Waals surface area contributed by atoms with Crippen molar-refractivity contribution in [1.82, 2.24) is 9.97 Å². The molecule has 31 heavy (non-hydrogen) atoms. The first kappa shape index (κ1) is 20.3. The minimum atomic E-state index is 0.428. The van der Waals surface area contributed by atoms with Gasteiger partial charge in [-0.1, -0.05) is 36.4 Å². The molecular formula is C25H19N3O2S. The molecule has 0 unspecified atom stereocenters. The molecule has 0 saturated heterocycles. The third-order valence-corrected chi connectivity index (χ3v) is 5.44. The molecular weight excluding hydrogens is 406 g/mol. The van der Waals surface area contributed by atoms with Crippen LogP contribution in [0.4, 0.5) is 0 Å². The van der Waals surface area contributed by atoms with Crippen molar-refractivity contribution in [2.75, 3.05) is 7.11 Å². The largest absolute Gasteiger partial charge is 0.493 e. The molecule has 0 aliphatic rings. The van der Waals surface area contributed by atoms with Crippen molar-refractivity contribution in [2.45, 2.75) is 6.61 Å². The van der Waals surface area contributed by atoms with Crippen LogP contribution in [-0.2, 0) is 6.61 Å². The summed E-state index contributed by atoms with van der Waals surface area (Å²) in [6, 6.07) is 21.6. The average molecular weight is 426 g/mol. The minimum absolute atomic E-state index is 0.428. The summed E-state index contributed by atoms with van der Waals surface area (Å²) >= 11 is 1.44. The van der Waals surface area contributed by atoms with Crippen molar-refractivity contribution in [2.24, 2.45) is 0 Å². The molecule has 0 bridgehead atoms. The van der Waals surface area contributed by atoms with Crippen molar-refractivity contribution in [3.63, 3.8) is 0 Å². The monoisotopic (exact) mass is 425 g/mol. The molecule has 0 radical (unpaired) electrons. The van der Waals surface area contributed by atoms with Crippen LogP contribution in [0, 0.1) is 11.3 Å². The van der Waals surface area contributed by atoms with Gasteiger partial charge in [0, 0.05) is 23.3 Å². The van der Waals surface area contributed by atoms with E-state index in [0.717, 1.165) is 22.4 Å². The van der Waals surface area contributed by atoms with E-state index in [-0.39, 0.29) is 0 Å². The Kier molecular flexibility index (Phi) is 6.36. The molecule has 2 aromatic heterocycles. The molecule has 0 atom stereocenters. The first-order valence-electron chi connectivity index (χ1n) is 9.59. The summed E-state index contributed by atoms with van der Waals surface area (Å²) in [5.41, 5.74) is 4.18. The maximum atomic E-state index is 9.73. The van der Waals surface area contributed by atoms with Crippen LogP contribution in [0.25, 0.3) is 22.9 Å². The van der Waals surface area contributed by atoms with E-state index in [1.165, 1.54) is 11.3 Å². The van der Waals surface area contributed by atoms with Gasteiger partial charge >= 0.3 is 0 Å². The summed E-state index contributed by atoms with van der Waals surface area (Å²) in [5.74, 6) is 1.26. The molecule has 152 valence electrons. The fraction of sp³-hybridized carbons (Fsp3) is 0.0800. The molecule has 0 fully saturated rings. The van der Waals surface area contributed by atoms with Gasteiger partial charge in [-0.2, -0.15) is 5.26 Å². The zero-order chi connectivity index (χ0) is 21.5. The molecule has 2 heterocycles. The second-order valence-electron chi connectivity index (χ2n) is 6.63. The number of thiazole rings is 1. The van der Waals surface area contributed by atoms with Crippen LogP contribution < -0.4 is 9.47 Å². The van der Waals surface area contributed by atoms with E-state index in [0.29, 0.717) is 28.7 Å². The lowest BCUT2D eigenvalue weighted by Gasteiger charge is -2.11. The van der Waals surface area contributed by atoms with Crippen molar-refractivity contribution in [3.05, 3.63) is 94.6 Å². The summed E-state index contributed by atoms with van der Waals surface area (Å²) in [5, 5.41) is 12.3. The van der Waals surface area contributed by atoms with E-state index in [2.05, 4.69) is 16.0 Å². The number of nitrogens with zero attached hydrogens (tertiary/aromatic N) is 3. The van der Waals surface area contributed by atoms with Crippen LogP contribution in [0.2, 0.25) is 0 Å². The van der Waals surface area contributed by atoms with Crippen LogP contribution >= 0.6 is 11.3 Å².